The van der Waals surface area contributed by atoms with Crippen LogP contribution in [0.25, 0.3) is 0 Å². The third-order valence-corrected chi connectivity index (χ3v) is 3.55. The Morgan fingerprint density at radius 2 is 2.04 bits per heavy atom. The molecule has 1 fully saturated rings. The summed E-state index contributed by atoms with van der Waals surface area (Å²) in [6.07, 6.45) is 2.84. The molecule has 23 heavy (non-hydrogen) atoms. The molecule has 1 saturated heterocycles. The van der Waals surface area contributed by atoms with E-state index in [0.717, 1.165) is 37.0 Å². The lowest BCUT2D eigenvalue weighted by molar-refractivity contribution is 0.279. The van der Waals surface area contributed by atoms with E-state index in [1.807, 2.05) is 11.9 Å². The SMILES string of the molecule is CN1CCCC1=Nc1nc(OCc2ccc(F)cc2)ncc1F. The maximum Gasteiger partial charge on any atom is 0.318 e. The van der Waals surface area contributed by atoms with Gasteiger partial charge in [-0.3, -0.25) is 0 Å². The van der Waals surface area contributed by atoms with Crippen molar-refractivity contribution in [2.24, 2.45) is 4.99 Å². The number of aromatic nitrogens is 2. The van der Waals surface area contributed by atoms with Crippen LogP contribution in [0.1, 0.15) is 18.4 Å². The van der Waals surface area contributed by atoms with Gasteiger partial charge in [-0.15, -0.1) is 0 Å². The molecule has 2 aromatic rings. The van der Waals surface area contributed by atoms with Crippen LogP contribution < -0.4 is 4.74 Å². The normalized spacial score (nSPS) is 16.1. The number of hydrogen-bond donors (Lipinski definition) is 0. The van der Waals surface area contributed by atoms with Crippen molar-refractivity contribution in [2.45, 2.75) is 19.4 Å². The molecule has 0 atom stereocenters. The van der Waals surface area contributed by atoms with E-state index in [1.54, 1.807) is 12.1 Å². The van der Waals surface area contributed by atoms with E-state index in [1.165, 1.54) is 12.1 Å². The third kappa shape index (κ3) is 3.80. The summed E-state index contributed by atoms with van der Waals surface area (Å²) in [5.41, 5.74) is 0.766. The number of nitrogens with zero attached hydrogens (tertiary/aromatic N) is 4. The highest BCUT2D eigenvalue weighted by atomic mass is 19.1. The Balaban J connectivity index is 1.73. The third-order valence-electron chi connectivity index (χ3n) is 3.55. The summed E-state index contributed by atoms with van der Waals surface area (Å²) in [6, 6.07) is 5.94. The summed E-state index contributed by atoms with van der Waals surface area (Å²) in [5.74, 6) is -0.137. The Kier molecular flexibility index (Phi) is 4.45. The molecule has 2 heterocycles. The van der Waals surface area contributed by atoms with Crippen LogP contribution >= 0.6 is 0 Å². The lowest BCUT2D eigenvalue weighted by Gasteiger charge is -2.11. The molecule has 0 radical (unpaired) electrons. The zero-order chi connectivity index (χ0) is 16.2. The molecule has 7 heteroatoms. The molecule has 3 rings (SSSR count). The van der Waals surface area contributed by atoms with Gasteiger partial charge in [-0.25, -0.2) is 18.8 Å². The van der Waals surface area contributed by atoms with Crippen molar-refractivity contribution in [1.82, 2.24) is 14.9 Å². The Bertz CT molecular complexity index is 719. The first-order chi connectivity index (χ1) is 11.1. The quantitative estimate of drug-likeness (QED) is 0.869. The second-order valence-corrected chi connectivity index (χ2v) is 5.29. The van der Waals surface area contributed by atoms with Gasteiger partial charge in [-0.1, -0.05) is 12.1 Å². The fourth-order valence-electron chi connectivity index (χ4n) is 2.28. The van der Waals surface area contributed by atoms with E-state index in [9.17, 15) is 8.78 Å². The molecule has 120 valence electrons. The van der Waals surface area contributed by atoms with Gasteiger partial charge in [0.15, 0.2) is 11.6 Å². The van der Waals surface area contributed by atoms with Crippen LogP contribution in [-0.4, -0.2) is 34.3 Å². The van der Waals surface area contributed by atoms with E-state index in [0.29, 0.717) is 0 Å². The molecule has 1 aromatic heterocycles. The summed E-state index contributed by atoms with van der Waals surface area (Å²) in [5, 5.41) is 0. The van der Waals surface area contributed by atoms with Crippen LogP contribution in [0.15, 0.2) is 35.5 Å². The molecule has 1 aliphatic heterocycles. The highest BCUT2D eigenvalue weighted by Crippen LogP contribution is 2.20. The molecule has 0 unspecified atom stereocenters. The second kappa shape index (κ2) is 6.68. The number of aliphatic imine (C=N–C) groups is 1. The Labute approximate surface area is 132 Å². The number of rotatable bonds is 4. The van der Waals surface area contributed by atoms with E-state index < -0.39 is 5.82 Å². The van der Waals surface area contributed by atoms with Crippen molar-refractivity contribution in [3.63, 3.8) is 0 Å². The summed E-state index contributed by atoms with van der Waals surface area (Å²) in [4.78, 5) is 14.0. The molecule has 0 saturated carbocycles. The maximum absolute atomic E-state index is 13.8. The van der Waals surface area contributed by atoms with Crippen molar-refractivity contribution in [2.75, 3.05) is 13.6 Å². The fourth-order valence-corrected chi connectivity index (χ4v) is 2.28. The Morgan fingerprint density at radius 3 is 2.74 bits per heavy atom. The first-order valence-electron chi connectivity index (χ1n) is 7.30. The molecule has 0 bridgehead atoms. The van der Waals surface area contributed by atoms with E-state index in [2.05, 4.69) is 15.0 Å². The lowest BCUT2D eigenvalue weighted by atomic mass is 10.2. The van der Waals surface area contributed by atoms with Gasteiger partial charge in [-0.05, 0) is 24.1 Å². The molecule has 0 amide bonds. The van der Waals surface area contributed by atoms with Gasteiger partial charge in [0.25, 0.3) is 0 Å². The van der Waals surface area contributed by atoms with Gasteiger partial charge in [0.1, 0.15) is 18.3 Å². The van der Waals surface area contributed by atoms with Crippen LogP contribution in [-0.2, 0) is 6.61 Å². The van der Waals surface area contributed by atoms with Gasteiger partial charge in [0.05, 0.1) is 6.20 Å². The van der Waals surface area contributed by atoms with E-state index in [4.69, 9.17) is 4.74 Å². The Hall–Kier alpha value is -2.57. The molecular formula is C16H16F2N4O. The fraction of sp³-hybridized carbons (Fsp3) is 0.312. The van der Waals surface area contributed by atoms with Crippen LogP contribution in [0, 0.1) is 11.6 Å². The zero-order valence-electron chi connectivity index (χ0n) is 12.7. The zero-order valence-corrected chi connectivity index (χ0v) is 12.7. The number of halogens is 2. The number of amidine groups is 1. The van der Waals surface area contributed by atoms with Crippen LogP contribution in [0.3, 0.4) is 0 Å². The van der Waals surface area contributed by atoms with Gasteiger partial charge in [-0.2, -0.15) is 4.98 Å². The number of hydrogen-bond acceptors (Lipinski definition) is 4. The maximum atomic E-state index is 13.8. The summed E-state index contributed by atoms with van der Waals surface area (Å²) in [6.45, 7) is 1.07. The first-order valence-corrected chi connectivity index (χ1v) is 7.30. The Morgan fingerprint density at radius 1 is 1.26 bits per heavy atom. The molecule has 5 nitrogen and oxygen atoms in total. The van der Waals surface area contributed by atoms with Crippen molar-refractivity contribution in [3.8, 4) is 6.01 Å². The predicted octanol–water partition coefficient (Wildman–Crippen LogP) is 3.09. The van der Waals surface area contributed by atoms with E-state index >= 15 is 0 Å². The van der Waals surface area contributed by atoms with Gasteiger partial charge >= 0.3 is 6.01 Å². The van der Waals surface area contributed by atoms with Gasteiger partial charge in [0.2, 0.25) is 0 Å². The van der Waals surface area contributed by atoms with Crippen LogP contribution in [0.4, 0.5) is 14.6 Å². The van der Waals surface area contributed by atoms with Gasteiger partial charge in [0, 0.05) is 20.0 Å². The highest BCUT2D eigenvalue weighted by molar-refractivity contribution is 5.85. The molecule has 1 aromatic carbocycles. The second-order valence-electron chi connectivity index (χ2n) is 5.29. The smallest absolute Gasteiger partial charge is 0.318 e. The van der Waals surface area contributed by atoms with Crippen molar-refractivity contribution in [3.05, 3.63) is 47.7 Å². The first kappa shape index (κ1) is 15.3. The average Bonchev–Trinajstić information content (AvgIpc) is 2.95. The van der Waals surface area contributed by atoms with Crippen LogP contribution in [0.2, 0.25) is 0 Å². The molecule has 0 aliphatic carbocycles. The molecular weight excluding hydrogens is 302 g/mol. The summed E-state index contributed by atoms with van der Waals surface area (Å²) < 4.78 is 32.1. The minimum atomic E-state index is -0.591. The number of ether oxygens (including phenoxy) is 1. The summed E-state index contributed by atoms with van der Waals surface area (Å²) >= 11 is 0. The van der Waals surface area contributed by atoms with Crippen molar-refractivity contribution in [1.29, 1.82) is 0 Å². The molecule has 1 aliphatic rings. The monoisotopic (exact) mass is 318 g/mol. The van der Waals surface area contributed by atoms with Crippen molar-refractivity contribution < 1.29 is 13.5 Å². The topological polar surface area (TPSA) is 50.6 Å². The largest absolute Gasteiger partial charge is 0.459 e. The lowest BCUT2D eigenvalue weighted by Crippen LogP contribution is -2.18. The van der Waals surface area contributed by atoms with Crippen molar-refractivity contribution >= 4 is 11.7 Å². The minimum Gasteiger partial charge on any atom is -0.459 e. The van der Waals surface area contributed by atoms with Crippen LogP contribution in [0.5, 0.6) is 6.01 Å². The standard InChI is InChI=1S/C16H16F2N4O/c1-22-8-2-3-14(22)20-15-13(18)9-19-16(21-15)23-10-11-4-6-12(17)7-5-11/h4-7,9H,2-3,8,10H2,1H3. The average molecular weight is 318 g/mol. The highest BCUT2D eigenvalue weighted by Gasteiger charge is 2.16. The number of likely N-dealkylation sites (tertiary alicyclic amines) is 1. The van der Waals surface area contributed by atoms with E-state index in [-0.39, 0.29) is 24.3 Å². The predicted molar refractivity (Wildman–Crippen MR) is 81.7 cm³/mol. The molecule has 0 N–H and O–H groups in total. The minimum absolute atomic E-state index is 0.0298. The summed E-state index contributed by atoms with van der Waals surface area (Å²) in [7, 11) is 1.91. The number of benzene rings is 1. The van der Waals surface area contributed by atoms with Gasteiger partial charge < -0.3 is 9.64 Å². The molecule has 0 spiro atoms.